The Hall–Kier alpha value is -0.160. The fraction of sp³-hybridized carbons (Fsp3) is 0.143. The third kappa shape index (κ3) is 2.41. The van der Waals surface area contributed by atoms with E-state index in [9.17, 15) is 4.79 Å². The number of pyridine rings is 1. The first-order valence-electron chi connectivity index (χ1n) is 2.94. The van der Waals surface area contributed by atoms with Gasteiger partial charge in [0.05, 0.1) is 0 Å². The molecule has 0 fully saturated rings. The smallest absolute Gasteiger partial charge is 0.168 e. The second kappa shape index (κ2) is 4.01. The number of carbonyl (C=O) groups is 1. The highest BCUT2D eigenvalue weighted by molar-refractivity contribution is 14.1. The molecule has 0 aliphatic heterocycles. The molecule has 1 aromatic rings. The lowest BCUT2D eigenvalue weighted by Gasteiger charge is -1.96. The van der Waals surface area contributed by atoms with E-state index in [1.807, 2.05) is 28.7 Å². The first-order valence-corrected chi connectivity index (χ1v) is 4.55. The van der Waals surface area contributed by atoms with Gasteiger partial charge in [-0.05, 0) is 40.3 Å². The maximum atomic E-state index is 10.3. The number of hydrogen-bond acceptors (Lipinski definition) is 2. The molecule has 0 unspecified atom stereocenters. The molecule has 0 N–H and O–H groups in total. The average molecular weight is 281 g/mol. The van der Waals surface area contributed by atoms with E-state index in [2.05, 4.69) is 4.98 Å². The van der Waals surface area contributed by atoms with Gasteiger partial charge in [0.25, 0.3) is 0 Å². The molecular weight excluding hydrogens is 276 g/mol. The Balaban J connectivity index is 3.11. The summed E-state index contributed by atoms with van der Waals surface area (Å²) in [5.41, 5.74) is 1.36. The topological polar surface area (TPSA) is 30.0 Å². The van der Waals surface area contributed by atoms with Gasteiger partial charge in [0, 0.05) is 5.88 Å². The molecule has 0 aliphatic rings. The highest BCUT2D eigenvalue weighted by Gasteiger charge is 1.97. The van der Waals surface area contributed by atoms with Gasteiger partial charge < -0.3 is 0 Å². The quantitative estimate of drug-likeness (QED) is 0.360. The number of halogens is 2. The van der Waals surface area contributed by atoms with E-state index in [1.165, 1.54) is 0 Å². The van der Waals surface area contributed by atoms with Crippen LogP contribution in [0.25, 0.3) is 0 Å². The normalized spacial score (nSPS) is 9.64. The molecule has 0 spiro atoms. The molecule has 11 heavy (non-hydrogen) atoms. The second-order valence-corrected chi connectivity index (χ2v) is 3.35. The zero-order valence-electron chi connectivity index (χ0n) is 5.55. The number of aromatic nitrogens is 1. The van der Waals surface area contributed by atoms with Crippen molar-refractivity contribution >= 4 is 40.5 Å². The van der Waals surface area contributed by atoms with Crippen molar-refractivity contribution in [2.75, 3.05) is 0 Å². The van der Waals surface area contributed by atoms with Crippen molar-refractivity contribution in [3.8, 4) is 0 Å². The van der Waals surface area contributed by atoms with E-state index in [0.29, 0.717) is 11.6 Å². The summed E-state index contributed by atoms with van der Waals surface area (Å²) in [4.78, 5) is 14.3. The zero-order chi connectivity index (χ0) is 8.27. The lowest BCUT2D eigenvalue weighted by molar-refractivity contribution is 0.111. The fourth-order valence-corrected chi connectivity index (χ4v) is 1.54. The second-order valence-electron chi connectivity index (χ2n) is 1.97. The van der Waals surface area contributed by atoms with Crippen LogP contribution in [0.1, 0.15) is 16.1 Å². The number of nitrogens with zero attached hydrogens (tertiary/aromatic N) is 1. The molecule has 1 rings (SSSR count). The molecule has 0 atom stereocenters. The number of hydrogen-bond donors (Lipinski definition) is 0. The molecule has 0 radical (unpaired) electrons. The van der Waals surface area contributed by atoms with Gasteiger partial charge in [-0.2, -0.15) is 0 Å². The lowest BCUT2D eigenvalue weighted by Crippen LogP contribution is -1.92. The van der Waals surface area contributed by atoms with Crippen LogP contribution in [0.2, 0.25) is 0 Å². The molecule has 0 aliphatic carbocycles. The van der Waals surface area contributed by atoms with Gasteiger partial charge in [0.15, 0.2) is 6.29 Å². The SMILES string of the molecule is O=Cc1cc(CCl)cc(I)n1. The minimum absolute atomic E-state index is 0.416. The van der Waals surface area contributed by atoms with Crippen LogP contribution in [-0.2, 0) is 5.88 Å². The molecule has 0 aromatic carbocycles. The van der Waals surface area contributed by atoms with Gasteiger partial charge >= 0.3 is 0 Å². The van der Waals surface area contributed by atoms with Crippen molar-refractivity contribution in [1.82, 2.24) is 4.98 Å². The Labute approximate surface area is 83.1 Å². The summed E-state index contributed by atoms with van der Waals surface area (Å²) in [6.45, 7) is 0. The van der Waals surface area contributed by atoms with Crippen molar-refractivity contribution in [1.29, 1.82) is 0 Å². The third-order valence-electron chi connectivity index (χ3n) is 1.15. The number of aldehydes is 1. The van der Waals surface area contributed by atoms with Crippen molar-refractivity contribution in [3.05, 3.63) is 27.1 Å². The molecule has 0 saturated heterocycles. The van der Waals surface area contributed by atoms with Gasteiger partial charge in [-0.15, -0.1) is 11.6 Å². The van der Waals surface area contributed by atoms with Crippen LogP contribution >= 0.6 is 34.2 Å². The fourth-order valence-electron chi connectivity index (χ4n) is 0.710. The molecular formula is C7H5ClINO. The molecule has 2 nitrogen and oxygen atoms in total. The lowest BCUT2D eigenvalue weighted by atomic mass is 10.2. The summed E-state index contributed by atoms with van der Waals surface area (Å²) < 4.78 is 0.794. The van der Waals surface area contributed by atoms with Crippen molar-refractivity contribution in [2.45, 2.75) is 5.88 Å². The highest BCUT2D eigenvalue weighted by atomic mass is 127. The van der Waals surface area contributed by atoms with E-state index in [4.69, 9.17) is 11.6 Å². The Kier molecular flexibility index (Phi) is 3.26. The van der Waals surface area contributed by atoms with Crippen molar-refractivity contribution in [3.63, 3.8) is 0 Å². The minimum Gasteiger partial charge on any atom is -0.296 e. The van der Waals surface area contributed by atoms with Crippen LogP contribution in [0.4, 0.5) is 0 Å². The molecule has 0 amide bonds. The molecule has 0 bridgehead atoms. The highest BCUT2D eigenvalue weighted by Crippen LogP contribution is 2.09. The largest absolute Gasteiger partial charge is 0.296 e. The maximum Gasteiger partial charge on any atom is 0.168 e. The van der Waals surface area contributed by atoms with Gasteiger partial charge in [-0.1, -0.05) is 0 Å². The Bertz CT molecular complexity index is 277. The van der Waals surface area contributed by atoms with Crippen LogP contribution < -0.4 is 0 Å². The van der Waals surface area contributed by atoms with Gasteiger partial charge in [0.2, 0.25) is 0 Å². The molecule has 1 aromatic heterocycles. The van der Waals surface area contributed by atoms with Gasteiger partial charge in [0.1, 0.15) is 9.39 Å². The van der Waals surface area contributed by atoms with Crippen LogP contribution in [0, 0.1) is 3.70 Å². The predicted octanol–water partition coefficient (Wildman–Crippen LogP) is 2.24. The molecule has 4 heteroatoms. The minimum atomic E-state index is 0.416. The van der Waals surface area contributed by atoms with Crippen LogP contribution in [0.15, 0.2) is 12.1 Å². The summed E-state index contributed by atoms with van der Waals surface area (Å²) >= 11 is 7.63. The summed E-state index contributed by atoms with van der Waals surface area (Å²) in [5.74, 6) is 0.416. The van der Waals surface area contributed by atoms with Gasteiger partial charge in [-0.25, -0.2) is 4.98 Å². The van der Waals surface area contributed by atoms with E-state index in [1.54, 1.807) is 6.07 Å². The van der Waals surface area contributed by atoms with E-state index >= 15 is 0 Å². The van der Waals surface area contributed by atoms with E-state index < -0.39 is 0 Å². The zero-order valence-corrected chi connectivity index (χ0v) is 8.46. The number of alkyl halides is 1. The summed E-state index contributed by atoms with van der Waals surface area (Å²) in [6, 6.07) is 3.53. The first kappa shape index (κ1) is 8.93. The molecule has 1 heterocycles. The monoisotopic (exact) mass is 281 g/mol. The van der Waals surface area contributed by atoms with Crippen LogP contribution in [0.5, 0.6) is 0 Å². The van der Waals surface area contributed by atoms with Crippen LogP contribution in [-0.4, -0.2) is 11.3 Å². The standard InChI is InChI=1S/C7H5ClINO/c8-3-5-1-6(4-11)10-7(9)2-5/h1-2,4H,3H2. The van der Waals surface area contributed by atoms with Crippen LogP contribution in [0.3, 0.4) is 0 Å². The maximum absolute atomic E-state index is 10.3. The number of rotatable bonds is 2. The summed E-state index contributed by atoms with van der Waals surface area (Å²) in [7, 11) is 0. The Morgan fingerprint density at radius 2 is 2.36 bits per heavy atom. The van der Waals surface area contributed by atoms with Crippen molar-refractivity contribution < 1.29 is 4.79 Å². The summed E-state index contributed by atoms with van der Waals surface area (Å²) in [6.07, 6.45) is 0.720. The molecule has 58 valence electrons. The summed E-state index contributed by atoms with van der Waals surface area (Å²) in [5, 5.41) is 0. The van der Waals surface area contributed by atoms with Crippen molar-refractivity contribution in [2.24, 2.45) is 0 Å². The third-order valence-corrected chi connectivity index (χ3v) is 2.01. The Morgan fingerprint density at radius 3 is 2.91 bits per heavy atom. The first-order chi connectivity index (χ1) is 5.26. The average Bonchev–Trinajstić information content (AvgIpc) is 2.03. The van der Waals surface area contributed by atoms with E-state index in [-0.39, 0.29) is 0 Å². The van der Waals surface area contributed by atoms with Gasteiger partial charge in [-0.3, -0.25) is 4.79 Å². The Morgan fingerprint density at radius 1 is 1.64 bits per heavy atom. The number of carbonyl (C=O) groups excluding carboxylic acids is 1. The predicted molar refractivity (Wildman–Crippen MR) is 51.9 cm³/mol. The van der Waals surface area contributed by atoms with E-state index in [0.717, 1.165) is 15.6 Å². The molecule has 0 saturated carbocycles.